The molecule has 0 radical (unpaired) electrons. The molecule has 0 spiro atoms. The van der Waals surface area contributed by atoms with Crippen LogP contribution in [0, 0.1) is 5.92 Å². The maximum Gasteiger partial charge on any atom is 0.329 e. The summed E-state index contributed by atoms with van der Waals surface area (Å²) in [6, 6.07) is -1.34. The average molecular weight is 255 g/mol. The number of carboxylic acids is 2. The molecular formula is C11H13NO6. The van der Waals surface area contributed by atoms with Crippen molar-refractivity contribution in [2.75, 3.05) is 0 Å². The molecule has 18 heavy (non-hydrogen) atoms. The van der Waals surface area contributed by atoms with E-state index in [4.69, 9.17) is 14.9 Å². The van der Waals surface area contributed by atoms with Crippen molar-refractivity contribution >= 4 is 17.8 Å². The summed E-state index contributed by atoms with van der Waals surface area (Å²) in [6.45, 7) is 3.52. The maximum atomic E-state index is 11.7. The topological polar surface area (TPSA) is 113 Å². The lowest BCUT2D eigenvalue weighted by Gasteiger charge is -2.29. The fraction of sp³-hybridized carbons (Fsp3) is 0.545. The monoisotopic (exact) mass is 255 g/mol. The van der Waals surface area contributed by atoms with Crippen LogP contribution in [0.5, 0.6) is 0 Å². The third-order valence-corrected chi connectivity index (χ3v) is 3.46. The minimum absolute atomic E-state index is 0.256. The molecule has 2 rings (SSSR count). The number of hydrogen-bond acceptors (Lipinski definition) is 4. The average Bonchev–Trinajstić information content (AvgIpc) is 2.73. The van der Waals surface area contributed by atoms with Crippen LogP contribution in [0.25, 0.3) is 0 Å². The minimum atomic E-state index is -1.52. The first-order valence-corrected chi connectivity index (χ1v) is 5.46. The Morgan fingerprint density at radius 2 is 2.22 bits per heavy atom. The first-order chi connectivity index (χ1) is 8.40. The summed E-state index contributed by atoms with van der Waals surface area (Å²) in [6.07, 6.45) is 0.681. The molecule has 1 amide bonds. The molecule has 0 aromatic carbocycles. The maximum absolute atomic E-state index is 11.7. The van der Waals surface area contributed by atoms with E-state index in [-0.39, 0.29) is 6.42 Å². The Morgan fingerprint density at radius 1 is 1.56 bits per heavy atom. The highest BCUT2D eigenvalue weighted by Crippen LogP contribution is 2.45. The third-order valence-electron chi connectivity index (χ3n) is 3.46. The number of carboxylic acid groups (broad SMARTS) is 2. The van der Waals surface area contributed by atoms with Gasteiger partial charge in [0.25, 0.3) is 0 Å². The summed E-state index contributed by atoms with van der Waals surface area (Å²) in [7, 11) is 0. The lowest BCUT2D eigenvalue weighted by Crippen LogP contribution is -2.52. The van der Waals surface area contributed by atoms with Gasteiger partial charge >= 0.3 is 11.9 Å². The number of hydrogen-bond donors (Lipinski definition) is 3. The van der Waals surface area contributed by atoms with Crippen LogP contribution in [0.1, 0.15) is 12.8 Å². The van der Waals surface area contributed by atoms with E-state index >= 15 is 0 Å². The third kappa shape index (κ3) is 1.67. The van der Waals surface area contributed by atoms with Crippen LogP contribution in [0.4, 0.5) is 0 Å². The second-order valence-electron chi connectivity index (χ2n) is 4.49. The Labute approximate surface area is 102 Å². The molecule has 0 saturated carbocycles. The molecule has 0 bridgehead atoms. The first-order valence-electron chi connectivity index (χ1n) is 5.46. The molecular weight excluding hydrogens is 242 g/mol. The Kier molecular flexibility index (Phi) is 2.86. The van der Waals surface area contributed by atoms with E-state index in [2.05, 4.69) is 11.9 Å². The van der Waals surface area contributed by atoms with E-state index < -0.39 is 47.9 Å². The van der Waals surface area contributed by atoms with E-state index in [1.54, 1.807) is 0 Å². The summed E-state index contributed by atoms with van der Waals surface area (Å²) < 4.78 is 5.51. The van der Waals surface area contributed by atoms with Crippen molar-refractivity contribution in [3.63, 3.8) is 0 Å². The molecule has 0 aliphatic carbocycles. The van der Waals surface area contributed by atoms with E-state index in [0.29, 0.717) is 0 Å². The largest absolute Gasteiger partial charge is 0.481 e. The smallest absolute Gasteiger partial charge is 0.329 e. The Morgan fingerprint density at radius 3 is 2.72 bits per heavy atom. The van der Waals surface area contributed by atoms with Crippen LogP contribution in [-0.2, 0) is 19.1 Å². The second-order valence-corrected chi connectivity index (χ2v) is 4.49. The van der Waals surface area contributed by atoms with Crippen LogP contribution in [-0.4, -0.2) is 45.8 Å². The van der Waals surface area contributed by atoms with Crippen LogP contribution in [0.3, 0.4) is 0 Å². The number of rotatable bonds is 4. The quantitative estimate of drug-likeness (QED) is 0.577. The molecule has 2 fully saturated rings. The van der Waals surface area contributed by atoms with Crippen molar-refractivity contribution in [1.82, 2.24) is 5.32 Å². The standard InChI is InChI=1S/C11H13NO6/c1-2-5-3-6-9(15)12-8(10(16)17)11(6,18-5)4-7(13)14/h2,5-6,8H,1,3-4H2,(H,12,15)(H,13,14)(H,16,17)/t5-,6+,8-,11+/m1/s1. The zero-order valence-electron chi connectivity index (χ0n) is 9.46. The molecule has 2 saturated heterocycles. The summed E-state index contributed by atoms with van der Waals surface area (Å²) in [4.78, 5) is 33.8. The number of ether oxygens (including phenoxy) is 1. The zero-order valence-corrected chi connectivity index (χ0v) is 9.46. The van der Waals surface area contributed by atoms with Crippen LogP contribution < -0.4 is 5.32 Å². The highest BCUT2D eigenvalue weighted by Gasteiger charge is 2.64. The van der Waals surface area contributed by atoms with Crippen molar-refractivity contribution < 1.29 is 29.3 Å². The lowest BCUT2D eigenvalue weighted by atomic mass is 9.82. The Hall–Kier alpha value is -1.89. The van der Waals surface area contributed by atoms with E-state index in [1.165, 1.54) is 6.08 Å². The fourth-order valence-corrected chi connectivity index (χ4v) is 2.73. The number of fused-ring (bicyclic) bond motifs is 1. The molecule has 0 aromatic rings. The Bertz CT molecular complexity index is 433. The summed E-state index contributed by atoms with van der Waals surface area (Å²) in [5.41, 5.74) is -1.52. The van der Waals surface area contributed by atoms with Crippen molar-refractivity contribution in [2.24, 2.45) is 5.92 Å². The number of aliphatic carboxylic acids is 2. The van der Waals surface area contributed by atoms with Gasteiger partial charge in [-0.2, -0.15) is 0 Å². The van der Waals surface area contributed by atoms with E-state index in [0.717, 1.165) is 0 Å². The second kappa shape index (κ2) is 4.09. The molecule has 0 aromatic heterocycles. The van der Waals surface area contributed by atoms with Crippen molar-refractivity contribution in [2.45, 2.75) is 30.6 Å². The van der Waals surface area contributed by atoms with Gasteiger partial charge in [0.1, 0.15) is 5.60 Å². The van der Waals surface area contributed by atoms with Gasteiger partial charge in [-0.05, 0) is 6.42 Å². The van der Waals surface area contributed by atoms with E-state index in [1.807, 2.05) is 0 Å². The Balaban J connectivity index is 2.41. The molecule has 2 heterocycles. The number of carbonyl (C=O) groups is 3. The SMILES string of the molecule is C=C[C@@H]1C[C@H]2C(=O)N[C@H](C(=O)O)[C@@]2(CC(=O)O)O1. The van der Waals surface area contributed by atoms with Gasteiger partial charge < -0.3 is 20.3 Å². The summed E-state index contributed by atoms with van der Waals surface area (Å²) >= 11 is 0. The lowest BCUT2D eigenvalue weighted by molar-refractivity contribution is -0.155. The predicted octanol–water partition coefficient (Wildman–Crippen LogP) is -0.626. The van der Waals surface area contributed by atoms with Gasteiger partial charge in [0, 0.05) is 0 Å². The van der Waals surface area contributed by atoms with Gasteiger partial charge in [-0.15, -0.1) is 6.58 Å². The molecule has 3 N–H and O–H groups in total. The van der Waals surface area contributed by atoms with Crippen LogP contribution in [0.15, 0.2) is 12.7 Å². The summed E-state index contributed by atoms with van der Waals surface area (Å²) in [5.74, 6) is -3.74. The molecule has 2 aliphatic heterocycles. The number of carbonyl (C=O) groups excluding carboxylic acids is 1. The van der Waals surface area contributed by atoms with Gasteiger partial charge in [-0.3, -0.25) is 9.59 Å². The minimum Gasteiger partial charge on any atom is -0.481 e. The normalized spacial score (nSPS) is 38.0. The van der Waals surface area contributed by atoms with Gasteiger partial charge in [0.05, 0.1) is 18.4 Å². The molecule has 7 heteroatoms. The van der Waals surface area contributed by atoms with Crippen LogP contribution >= 0.6 is 0 Å². The molecule has 2 aliphatic rings. The van der Waals surface area contributed by atoms with Gasteiger partial charge in [0.2, 0.25) is 5.91 Å². The molecule has 98 valence electrons. The van der Waals surface area contributed by atoms with Gasteiger partial charge in [-0.1, -0.05) is 6.08 Å². The van der Waals surface area contributed by atoms with Crippen molar-refractivity contribution in [1.29, 1.82) is 0 Å². The van der Waals surface area contributed by atoms with Gasteiger partial charge in [-0.25, -0.2) is 4.79 Å². The highest BCUT2D eigenvalue weighted by molar-refractivity contribution is 5.93. The number of nitrogens with one attached hydrogen (secondary N) is 1. The number of amides is 1. The van der Waals surface area contributed by atoms with Crippen LogP contribution in [0.2, 0.25) is 0 Å². The zero-order chi connectivity index (χ0) is 13.5. The van der Waals surface area contributed by atoms with Crippen molar-refractivity contribution in [3.05, 3.63) is 12.7 Å². The molecule has 4 atom stereocenters. The van der Waals surface area contributed by atoms with E-state index in [9.17, 15) is 14.4 Å². The van der Waals surface area contributed by atoms with Gasteiger partial charge in [0.15, 0.2) is 6.04 Å². The first kappa shape index (κ1) is 12.6. The molecule has 7 nitrogen and oxygen atoms in total. The predicted molar refractivity (Wildman–Crippen MR) is 57.7 cm³/mol. The van der Waals surface area contributed by atoms with Crippen molar-refractivity contribution in [3.8, 4) is 0 Å². The summed E-state index contributed by atoms with van der Waals surface area (Å²) in [5, 5.41) is 20.3. The highest BCUT2D eigenvalue weighted by atomic mass is 16.5. The fourth-order valence-electron chi connectivity index (χ4n) is 2.73. The molecule has 0 unspecified atom stereocenters.